The lowest BCUT2D eigenvalue weighted by molar-refractivity contribution is -0.105. The van der Waals surface area contributed by atoms with Gasteiger partial charge in [-0.3, -0.25) is 4.79 Å². The van der Waals surface area contributed by atoms with Gasteiger partial charge in [-0.2, -0.15) is 0 Å². The molecule has 0 bridgehead atoms. The van der Waals surface area contributed by atoms with Crippen LogP contribution in [0.3, 0.4) is 0 Å². The molecule has 1 amide bonds. The number of nitrogens with zero attached hydrogens (tertiary/aromatic N) is 1. The molecule has 2 rings (SSSR count). The molecule has 0 saturated heterocycles. The number of aromatic nitrogens is 1. The molecule has 100 valence electrons. The predicted molar refractivity (Wildman–Crippen MR) is 82.3 cm³/mol. The Labute approximate surface area is 122 Å². The lowest BCUT2D eigenvalue weighted by Crippen LogP contribution is -1.95. The van der Waals surface area contributed by atoms with Crippen molar-refractivity contribution in [2.45, 2.75) is 20.8 Å². The summed E-state index contributed by atoms with van der Waals surface area (Å²) in [4.78, 5) is 13.8. The van der Waals surface area contributed by atoms with E-state index in [9.17, 15) is 4.79 Å². The highest BCUT2D eigenvalue weighted by Crippen LogP contribution is 2.14. The minimum Gasteiger partial charge on any atom is -0.313 e. The normalized spacial score (nSPS) is 9.26. The van der Waals surface area contributed by atoms with Crippen LogP contribution in [0.1, 0.15) is 16.7 Å². The van der Waals surface area contributed by atoms with Gasteiger partial charge >= 0.3 is 0 Å². The van der Waals surface area contributed by atoms with Crippen molar-refractivity contribution in [3.05, 3.63) is 57.7 Å². The summed E-state index contributed by atoms with van der Waals surface area (Å²) < 4.78 is 1.16. The van der Waals surface area contributed by atoms with Crippen LogP contribution >= 0.6 is 15.9 Å². The molecule has 0 aliphatic rings. The second-order valence-electron chi connectivity index (χ2n) is 4.21. The number of aryl methyl sites for hydroxylation is 3. The first-order valence-electron chi connectivity index (χ1n) is 5.88. The van der Waals surface area contributed by atoms with Crippen LogP contribution < -0.4 is 5.32 Å². The van der Waals surface area contributed by atoms with E-state index >= 15 is 0 Å². The molecule has 2 aromatic rings. The Bertz CT molecular complexity index is 538. The molecule has 1 aromatic carbocycles. The van der Waals surface area contributed by atoms with Gasteiger partial charge in [-0.15, -0.1) is 0 Å². The summed E-state index contributed by atoms with van der Waals surface area (Å²) in [6, 6.07) is 9.93. The van der Waals surface area contributed by atoms with Crippen LogP contribution in [0.5, 0.6) is 0 Å². The number of halogens is 1. The number of rotatable bonds is 2. The summed E-state index contributed by atoms with van der Waals surface area (Å²) in [7, 11) is 0. The molecular formula is C15H17BrN2O. The molecule has 0 atom stereocenters. The summed E-state index contributed by atoms with van der Waals surface area (Å²) in [5.74, 6) is 0.584. The van der Waals surface area contributed by atoms with E-state index in [0.717, 1.165) is 10.0 Å². The predicted octanol–water partition coefficient (Wildman–Crippen LogP) is 4.02. The fourth-order valence-electron chi connectivity index (χ4n) is 1.32. The second kappa shape index (κ2) is 7.69. The third kappa shape index (κ3) is 5.66. The van der Waals surface area contributed by atoms with Gasteiger partial charge in [0.2, 0.25) is 6.41 Å². The van der Waals surface area contributed by atoms with Gasteiger partial charge in [-0.1, -0.05) is 28.1 Å². The third-order valence-corrected chi connectivity index (χ3v) is 3.08. The topological polar surface area (TPSA) is 42.0 Å². The van der Waals surface area contributed by atoms with Gasteiger partial charge in [0, 0.05) is 10.7 Å². The highest BCUT2D eigenvalue weighted by molar-refractivity contribution is 9.10. The average molecular weight is 321 g/mol. The first-order valence-corrected chi connectivity index (χ1v) is 6.68. The molecule has 1 N–H and O–H groups in total. The van der Waals surface area contributed by atoms with Gasteiger partial charge in [0.05, 0.1) is 0 Å². The minimum atomic E-state index is 0.584. The van der Waals surface area contributed by atoms with Crippen molar-refractivity contribution in [2.75, 3.05) is 5.32 Å². The van der Waals surface area contributed by atoms with E-state index in [2.05, 4.69) is 58.3 Å². The highest BCUT2D eigenvalue weighted by Gasteiger charge is 1.90. The first-order chi connectivity index (χ1) is 9.02. The van der Waals surface area contributed by atoms with E-state index in [1.54, 1.807) is 12.3 Å². The number of carbonyl (C=O) groups is 1. The fraction of sp³-hybridized carbons (Fsp3) is 0.200. The van der Waals surface area contributed by atoms with Gasteiger partial charge in [0.25, 0.3) is 0 Å². The maximum absolute atomic E-state index is 9.91. The van der Waals surface area contributed by atoms with Gasteiger partial charge in [-0.05, 0) is 55.7 Å². The lowest BCUT2D eigenvalue weighted by Gasteiger charge is -1.97. The zero-order chi connectivity index (χ0) is 14.3. The Morgan fingerprint density at radius 1 is 1.11 bits per heavy atom. The van der Waals surface area contributed by atoms with Crippen LogP contribution in [0.15, 0.2) is 41.0 Å². The molecule has 0 saturated carbocycles. The SMILES string of the molecule is Cc1ccc(Br)cc1C.Cc1ccc(NC=O)nc1. The summed E-state index contributed by atoms with van der Waals surface area (Å²) >= 11 is 3.40. The summed E-state index contributed by atoms with van der Waals surface area (Å²) in [5, 5.41) is 2.44. The number of amides is 1. The molecule has 0 fully saturated rings. The van der Waals surface area contributed by atoms with Gasteiger partial charge in [0.1, 0.15) is 5.82 Å². The first kappa shape index (κ1) is 15.4. The molecule has 4 heteroatoms. The van der Waals surface area contributed by atoms with Crippen molar-refractivity contribution < 1.29 is 4.79 Å². The number of pyridine rings is 1. The van der Waals surface area contributed by atoms with Gasteiger partial charge in [0.15, 0.2) is 0 Å². The molecule has 0 aliphatic carbocycles. The van der Waals surface area contributed by atoms with Crippen molar-refractivity contribution in [3.63, 3.8) is 0 Å². The summed E-state index contributed by atoms with van der Waals surface area (Å²) in [6.45, 7) is 6.17. The van der Waals surface area contributed by atoms with E-state index in [-0.39, 0.29) is 0 Å². The van der Waals surface area contributed by atoms with Gasteiger partial charge in [-0.25, -0.2) is 4.98 Å². The van der Waals surface area contributed by atoms with Crippen molar-refractivity contribution in [2.24, 2.45) is 0 Å². The van der Waals surface area contributed by atoms with E-state index in [0.29, 0.717) is 12.2 Å². The van der Waals surface area contributed by atoms with Crippen molar-refractivity contribution in [3.8, 4) is 0 Å². The Kier molecular flexibility index (Phi) is 6.22. The molecule has 1 aromatic heterocycles. The summed E-state index contributed by atoms with van der Waals surface area (Å²) in [5.41, 5.74) is 3.76. The van der Waals surface area contributed by atoms with Crippen molar-refractivity contribution in [1.29, 1.82) is 0 Å². The smallest absolute Gasteiger partial charge is 0.212 e. The van der Waals surface area contributed by atoms with E-state index in [4.69, 9.17) is 0 Å². The van der Waals surface area contributed by atoms with Gasteiger partial charge < -0.3 is 5.32 Å². The molecule has 0 unspecified atom stereocenters. The van der Waals surface area contributed by atoms with E-state index in [1.807, 2.05) is 13.0 Å². The molecule has 0 radical (unpaired) electrons. The number of hydrogen-bond donors (Lipinski definition) is 1. The maximum atomic E-state index is 9.91. The Hall–Kier alpha value is -1.68. The summed E-state index contributed by atoms with van der Waals surface area (Å²) in [6.07, 6.45) is 2.31. The van der Waals surface area contributed by atoms with Crippen LogP contribution in [-0.2, 0) is 4.79 Å². The molecule has 1 heterocycles. The van der Waals surface area contributed by atoms with E-state index in [1.165, 1.54) is 11.1 Å². The fourth-order valence-corrected chi connectivity index (χ4v) is 1.79. The molecular weight excluding hydrogens is 304 g/mol. The number of benzene rings is 1. The van der Waals surface area contributed by atoms with Crippen LogP contribution in [0.25, 0.3) is 0 Å². The standard InChI is InChI=1S/C8H9Br.C7H8N2O/c1-6-3-4-8(9)5-7(6)2;1-6-2-3-7(8-4-6)9-5-10/h3-5H,1-2H3;2-5H,1H3,(H,8,9,10). The van der Waals surface area contributed by atoms with Crippen molar-refractivity contribution >= 4 is 28.2 Å². The Balaban J connectivity index is 0.000000191. The second-order valence-corrected chi connectivity index (χ2v) is 5.13. The molecule has 3 nitrogen and oxygen atoms in total. The van der Waals surface area contributed by atoms with Crippen LogP contribution in [0.4, 0.5) is 5.82 Å². The monoisotopic (exact) mass is 320 g/mol. The average Bonchev–Trinajstić information content (AvgIpc) is 2.38. The highest BCUT2D eigenvalue weighted by atomic mass is 79.9. The Morgan fingerprint density at radius 3 is 2.32 bits per heavy atom. The van der Waals surface area contributed by atoms with Crippen LogP contribution in [0.2, 0.25) is 0 Å². The number of nitrogens with one attached hydrogen (secondary N) is 1. The zero-order valence-corrected chi connectivity index (χ0v) is 12.9. The lowest BCUT2D eigenvalue weighted by atomic mass is 10.1. The van der Waals surface area contributed by atoms with Crippen molar-refractivity contribution in [1.82, 2.24) is 4.98 Å². The van der Waals surface area contributed by atoms with E-state index < -0.39 is 0 Å². The Morgan fingerprint density at radius 2 is 1.84 bits per heavy atom. The maximum Gasteiger partial charge on any atom is 0.212 e. The zero-order valence-electron chi connectivity index (χ0n) is 11.3. The number of anilines is 1. The molecule has 0 spiro atoms. The largest absolute Gasteiger partial charge is 0.313 e. The quantitative estimate of drug-likeness (QED) is 0.849. The van der Waals surface area contributed by atoms with Crippen LogP contribution in [0, 0.1) is 20.8 Å². The van der Waals surface area contributed by atoms with Crippen LogP contribution in [-0.4, -0.2) is 11.4 Å². The number of carbonyl (C=O) groups excluding carboxylic acids is 1. The third-order valence-electron chi connectivity index (χ3n) is 2.59. The minimum absolute atomic E-state index is 0.584. The number of hydrogen-bond acceptors (Lipinski definition) is 2. The molecule has 19 heavy (non-hydrogen) atoms. The molecule has 0 aliphatic heterocycles.